The highest BCUT2D eigenvalue weighted by atomic mass is 15.3. The van der Waals surface area contributed by atoms with Gasteiger partial charge in [-0.1, -0.05) is 30.3 Å². The summed E-state index contributed by atoms with van der Waals surface area (Å²) in [6, 6.07) is 17.5. The molecule has 6 heteroatoms. The Morgan fingerprint density at radius 3 is 2.48 bits per heavy atom. The zero-order valence-electron chi connectivity index (χ0n) is 16.7. The summed E-state index contributed by atoms with van der Waals surface area (Å²) in [5, 5.41) is 8.11. The van der Waals surface area contributed by atoms with Crippen LogP contribution in [0.4, 0.5) is 17.2 Å². The van der Waals surface area contributed by atoms with Gasteiger partial charge < -0.3 is 10.2 Å². The van der Waals surface area contributed by atoms with Crippen molar-refractivity contribution in [1.29, 1.82) is 0 Å². The minimum Gasteiger partial charge on any atom is -0.365 e. The van der Waals surface area contributed by atoms with Crippen molar-refractivity contribution in [3.05, 3.63) is 67.1 Å². The standard InChI is InChI=1S/C23H24N6/c1-16-8-9-17(2)29(16)19-10-11-22(25-15-19)26-21-14-20(18-6-4-3-5-7-18)27-28-13-12-24-23(21)28/h3-7,10-17H,8-9H2,1-2H3,(H,25,26). The molecule has 4 aromatic rings. The van der Waals surface area contributed by atoms with Crippen molar-refractivity contribution in [2.24, 2.45) is 0 Å². The highest BCUT2D eigenvalue weighted by molar-refractivity contribution is 5.77. The molecule has 146 valence electrons. The average molecular weight is 384 g/mol. The van der Waals surface area contributed by atoms with Crippen molar-refractivity contribution in [3.63, 3.8) is 0 Å². The van der Waals surface area contributed by atoms with Gasteiger partial charge in [0.25, 0.3) is 0 Å². The van der Waals surface area contributed by atoms with Gasteiger partial charge in [-0.2, -0.15) is 5.10 Å². The number of pyridine rings is 1. The van der Waals surface area contributed by atoms with Crippen LogP contribution < -0.4 is 10.2 Å². The molecule has 5 rings (SSSR count). The van der Waals surface area contributed by atoms with Gasteiger partial charge in [0.05, 0.1) is 23.3 Å². The normalized spacial score (nSPS) is 19.0. The van der Waals surface area contributed by atoms with Crippen molar-refractivity contribution in [1.82, 2.24) is 19.6 Å². The van der Waals surface area contributed by atoms with Crippen LogP contribution >= 0.6 is 0 Å². The van der Waals surface area contributed by atoms with E-state index in [9.17, 15) is 0 Å². The molecule has 1 aliphatic heterocycles. The van der Waals surface area contributed by atoms with Crippen LogP contribution in [0.2, 0.25) is 0 Å². The number of hydrogen-bond acceptors (Lipinski definition) is 5. The predicted molar refractivity (Wildman–Crippen MR) is 117 cm³/mol. The molecule has 1 N–H and O–H groups in total. The third-order valence-corrected chi connectivity index (χ3v) is 5.69. The molecule has 0 saturated carbocycles. The molecular formula is C23H24N6. The molecule has 29 heavy (non-hydrogen) atoms. The van der Waals surface area contributed by atoms with Gasteiger partial charge in [-0.3, -0.25) is 0 Å². The molecular weight excluding hydrogens is 360 g/mol. The largest absolute Gasteiger partial charge is 0.365 e. The number of imidazole rings is 1. The highest BCUT2D eigenvalue weighted by Crippen LogP contribution is 2.31. The van der Waals surface area contributed by atoms with Crippen LogP contribution in [0.15, 0.2) is 67.1 Å². The SMILES string of the molecule is CC1CCC(C)N1c1ccc(Nc2cc(-c3ccccc3)nn3ccnc23)nc1. The van der Waals surface area contributed by atoms with Gasteiger partial charge in [0.15, 0.2) is 5.65 Å². The third kappa shape index (κ3) is 3.31. The topological polar surface area (TPSA) is 58.4 Å². The van der Waals surface area contributed by atoms with E-state index < -0.39 is 0 Å². The van der Waals surface area contributed by atoms with E-state index in [1.165, 1.54) is 18.5 Å². The van der Waals surface area contributed by atoms with Gasteiger partial charge in [0, 0.05) is 30.0 Å². The van der Waals surface area contributed by atoms with Crippen LogP contribution in [0.1, 0.15) is 26.7 Å². The Bertz CT molecular complexity index is 1110. The lowest BCUT2D eigenvalue weighted by molar-refractivity contribution is 0.692. The minimum atomic E-state index is 0.559. The van der Waals surface area contributed by atoms with E-state index in [1.807, 2.05) is 42.7 Å². The van der Waals surface area contributed by atoms with E-state index in [-0.39, 0.29) is 0 Å². The fourth-order valence-electron chi connectivity index (χ4n) is 4.21. The molecule has 1 saturated heterocycles. The zero-order chi connectivity index (χ0) is 19.8. The Balaban J connectivity index is 1.46. The van der Waals surface area contributed by atoms with Crippen molar-refractivity contribution in [2.75, 3.05) is 10.2 Å². The molecule has 1 aliphatic rings. The van der Waals surface area contributed by atoms with E-state index >= 15 is 0 Å². The van der Waals surface area contributed by atoms with Crippen LogP contribution in [0.5, 0.6) is 0 Å². The van der Waals surface area contributed by atoms with Gasteiger partial charge in [0.2, 0.25) is 0 Å². The third-order valence-electron chi connectivity index (χ3n) is 5.69. The highest BCUT2D eigenvalue weighted by Gasteiger charge is 2.27. The van der Waals surface area contributed by atoms with E-state index in [0.29, 0.717) is 12.1 Å². The van der Waals surface area contributed by atoms with Gasteiger partial charge in [0.1, 0.15) is 5.82 Å². The molecule has 0 spiro atoms. The van der Waals surface area contributed by atoms with Crippen molar-refractivity contribution in [3.8, 4) is 11.3 Å². The maximum atomic E-state index is 4.68. The number of benzene rings is 1. The summed E-state index contributed by atoms with van der Waals surface area (Å²) < 4.78 is 1.80. The molecule has 6 nitrogen and oxygen atoms in total. The second-order valence-corrected chi connectivity index (χ2v) is 7.71. The van der Waals surface area contributed by atoms with Crippen LogP contribution in [0.25, 0.3) is 16.9 Å². The van der Waals surface area contributed by atoms with Crippen molar-refractivity contribution in [2.45, 2.75) is 38.8 Å². The Kier molecular flexibility index (Phi) is 4.39. The Morgan fingerprint density at radius 1 is 0.966 bits per heavy atom. The Hall–Kier alpha value is -3.41. The first-order valence-corrected chi connectivity index (χ1v) is 10.1. The fraction of sp³-hybridized carbons (Fsp3) is 0.261. The lowest BCUT2D eigenvalue weighted by atomic mass is 10.1. The Morgan fingerprint density at radius 2 is 1.76 bits per heavy atom. The number of nitrogens with zero attached hydrogens (tertiary/aromatic N) is 5. The zero-order valence-corrected chi connectivity index (χ0v) is 16.7. The molecule has 1 fully saturated rings. The molecule has 0 bridgehead atoms. The van der Waals surface area contributed by atoms with E-state index in [1.54, 1.807) is 10.7 Å². The van der Waals surface area contributed by atoms with Gasteiger partial charge in [-0.25, -0.2) is 14.5 Å². The summed E-state index contributed by atoms with van der Waals surface area (Å²) in [7, 11) is 0. The maximum absolute atomic E-state index is 4.68. The monoisotopic (exact) mass is 384 g/mol. The summed E-state index contributed by atoms with van der Waals surface area (Å²) in [5.41, 5.74) is 4.78. The number of fused-ring (bicyclic) bond motifs is 1. The number of aromatic nitrogens is 4. The smallest absolute Gasteiger partial charge is 0.177 e. The van der Waals surface area contributed by atoms with Crippen LogP contribution in [-0.4, -0.2) is 31.7 Å². The summed E-state index contributed by atoms with van der Waals surface area (Å²) in [6.45, 7) is 4.57. The summed E-state index contributed by atoms with van der Waals surface area (Å²) in [4.78, 5) is 11.6. The lowest BCUT2D eigenvalue weighted by Crippen LogP contribution is -2.32. The number of hydrogen-bond donors (Lipinski definition) is 1. The first-order valence-electron chi connectivity index (χ1n) is 10.1. The molecule has 2 atom stereocenters. The average Bonchev–Trinajstić information content (AvgIpc) is 3.36. The van der Waals surface area contributed by atoms with E-state index in [0.717, 1.165) is 28.4 Å². The van der Waals surface area contributed by atoms with Crippen molar-refractivity contribution < 1.29 is 0 Å². The molecule has 4 heterocycles. The molecule has 3 aromatic heterocycles. The van der Waals surface area contributed by atoms with E-state index in [4.69, 9.17) is 0 Å². The van der Waals surface area contributed by atoms with Gasteiger partial charge in [-0.15, -0.1) is 0 Å². The first-order chi connectivity index (χ1) is 14.2. The Labute approximate surface area is 170 Å². The molecule has 0 amide bonds. The van der Waals surface area contributed by atoms with Crippen LogP contribution in [-0.2, 0) is 0 Å². The summed E-state index contributed by atoms with van der Waals surface area (Å²) in [5.74, 6) is 0.795. The quantitative estimate of drug-likeness (QED) is 0.542. The molecule has 0 aliphatic carbocycles. The van der Waals surface area contributed by atoms with E-state index in [2.05, 4.69) is 57.3 Å². The molecule has 2 unspecified atom stereocenters. The fourth-order valence-corrected chi connectivity index (χ4v) is 4.21. The second-order valence-electron chi connectivity index (χ2n) is 7.71. The lowest BCUT2D eigenvalue weighted by Gasteiger charge is -2.28. The number of anilines is 3. The molecule has 1 aromatic carbocycles. The van der Waals surface area contributed by atoms with Crippen LogP contribution in [0.3, 0.4) is 0 Å². The van der Waals surface area contributed by atoms with Gasteiger partial charge >= 0.3 is 0 Å². The summed E-state index contributed by atoms with van der Waals surface area (Å²) in [6.07, 6.45) is 8.05. The second kappa shape index (κ2) is 7.20. The summed E-state index contributed by atoms with van der Waals surface area (Å²) >= 11 is 0. The maximum Gasteiger partial charge on any atom is 0.177 e. The first kappa shape index (κ1) is 17.7. The predicted octanol–water partition coefficient (Wildman–Crippen LogP) is 4.91. The molecule has 0 radical (unpaired) electrons. The minimum absolute atomic E-state index is 0.559. The number of nitrogens with one attached hydrogen (secondary N) is 1. The number of rotatable bonds is 4. The van der Waals surface area contributed by atoms with Gasteiger partial charge in [-0.05, 0) is 44.9 Å². The van der Waals surface area contributed by atoms with Crippen molar-refractivity contribution >= 4 is 22.8 Å². The van der Waals surface area contributed by atoms with Crippen LogP contribution in [0, 0.1) is 0 Å².